The van der Waals surface area contributed by atoms with Gasteiger partial charge in [0.05, 0.1) is 6.04 Å². The standard InChI is InChI=1S/C12H24N2O3/c1-5-7(3)9(13)11(15)14-10(12(16)17)8(4)6-2/h7-10H,5-6,13H2,1-4H3,(H,14,15)(H,16,17)/t7?,8?,9?,10-/m0/s1. The molecule has 100 valence electrons. The molecule has 0 aliphatic carbocycles. The maximum atomic E-state index is 11.8. The van der Waals surface area contributed by atoms with Crippen molar-refractivity contribution < 1.29 is 14.7 Å². The first-order valence-corrected chi connectivity index (χ1v) is 6.13. The summed E-state index contributed by atoms with van der Waals surface area (Å²) in [5.74, 6) is -1.46. The van der Waals surface area contributed by atoms with Crippen molar-refractivity contribution in [2.24, 2.45) is 17.6 Å². The Bertz CT molecular complexity index is 268. The van der Waals surface area contributed by atoms with Gasteiger partial charge in [0.15, 0.2) is 0 Å². The fraction of sp³-hybridized carbons (Fsp3) is 0.833. The van der Waals surface area contributed by atoms with Crippen LogP contribution in [0.3, 0.4) is 0 Å². The number of carboxylic acid groups (broad SMARTS) is 1. The average molecular weight is 244 g/mol. The van der Waals surface area contributed by atoms with E-state index in [0.29, 0.717) is 6.42 Å². The third-order valence-electron chi connectivity index (χ3n) is 3.34. The summed E-state index contributed by atoms with van der Waals surface area (Å²) >= 11 is 0. The second kappa shape index (κ2) is 7.27. The number of carbonyl (C=O) groups is 2. The third-order valence-corrected chi connectivity index (χ3v) is 3.34. The molecule has 5 nitrogen and oxygen atoms in total. The van der Waals surface area contributed by atoms with Gasteiger partial charge in [-0.15, -0.1) is 0 Å². The minimum absolute atomic E-state index is 0.0429. The molecule has 0 aromatic heterocycles. The predicted molar refractivity (Wildman–Crippen MR) is 66.5 cm³/mol. The van der Waals surface area contributed by atoms with E-state index in [0.717, 1.165) is 6.42 Å². The molecule has 0 radical (unpaired) electrons. The quantitative estimate of drug-likeness (QED) is 0.622. The fourth-order valence-electron chi connectivity index (χ4n) is 1.44. The monoisotopic (exact) mass is 244 g/mol. The van der Waals surface area contributed by atoms with E-state index >= 15 is 0 Å². The summed E-state index contributed by atoms with van der Waals surface area (Å²) in [5, 5.41) is 11.6. The van der Waals surface area contributed by atoms with Crippen molar-refractivity contribution in [2.45, 2.75) is 52.6 Å². The van der Waals surface area contributed by atoms with Crippen molar-refractivity contribution in [3.8, 4) is 0 Å². The van der Waals surface area contributed by atoms with Crippen LogP contribution in [0, 0.1) is 11.8 Å². The molecular formula is C12H24N2O3. The highest BCUT2D eigenvalue weighted by Crippen LogP contribution is 2.10. The van der Waals surface area contributed by atoms with E-state index < -0.39 is 18.1 Å². The lowest BCUT2D eigenvalue weighted by Gasteiger charge is -2.24. The van der Waals surface area contributed by atoms with E-state index in [9.17, 15) is 9.59 Å². The van der Waals surface area contributed by atoms with Crippen LogP contribution < -0.4 is 11.1 Å². The molecule has 5 heteroatoms. The maximum Gasteiger partial charge on any atom is 0.326 e. The van der Waals surface area contributed by atoms with Gasteiger partial charge in [0.1, 0.15) is 6.04 Å². The highest BCUT2D eigenvalue weighted by molar-refractivity contribution is 5.87. The summed E-state index contributed by atoms with van der Waals surface area (Å²) in [5.41, 5.74) is 5.76. The number of rotatable bonds is 7. The Morgan fingerprint density at radius 1 is 1.18 bits per heavy atom. The Balaban J connectivity index is 4.56. The molecule has 4 N–H and O–H groups in total. The minimum atomic E-state index is -1.01. The number of nitrogens with two attached hydrogens (primary N) is 1. The normalized spacial score (nSPS) is 17.9. The molecule has 0 spiro atoms. The number of amides is 1. The van der Waals surface area contributed by atoms with Crippen LogP contribution in [-0.2, 0) is 9.59 Å². The van der Waals surface area contributed by atoms with Crippen LogP contribution in [0.4, 0.5) is 0 Å². The second-order valence-corrected chi connectivity index (χ2v) is 4.62. The molecule has 0 aliphatic heterocycles. The number of hydrogen-bond donors (Lipinski definition) is 3. The summed E-state index contributed by atoms with van der Waals surface area (Å²) in [4.78, 5) is 22.8. The van der Waals surface area contributed by atoms with Gasteiger partial charge < -0.3 is 16.2 Å². The lowest BCUT2D eigenvalue weighted by molar-refractivity contribution is -0.143. The first kappa shape index (κ1) is 15.9. The van der Waals surface area contributed by atoms with Gasteiger partial charge in [0.2, 0.25) is 5.91 Å². The van der Waals surface area contributed by atoms with E-state index in [1.54, 1.807) is 6.92 Å². The van der Waals surface area contributed by atoms with Gasteiger partial charge in [0, 0.05) is 0 Å². The van der Waals surface area contributed by atoms with E-state index in [-0.39, 0.29) is 17.7 Å². The Hall–Kier alpha value is -1.10. The van der Waals surface area contributed by atoms with E-state index in [1.165, 1.54) is 0 Å². The van der Waals surface area contributed by atoms with Gasteiger partial charge >= 0.3 is 5.97 Å². The maximum absolute atomic E-state index is 11.8. The van der Waals surface area contributed by atoms with Crippen LogP contribution in [0.2, 0.25) is 0 Å². The number of aliphatic carboxylic acids is 1. The Kier molecular flexibility index (Phi) is 6.80. The zero-order valence-corrected chi connectivity index (χ0v) is 11.1. The molecule has 4 atom stereocenters. The second-order valence-electron chi connectivity index (χ2n) is 4.62. The largest absolute Gasteiger partial charge is 0.480 e. The van der Waals surface area contributed by atoms with Crippen molar-refractivity contribution in [3.63, 3.8) is 0 Å². The van der Waals surface area contributed by atoms with Gasteiger partial charge in [0.25, 0.3) is 0 Å². The first-order valence-electron chi connectivity index (χ1n) is 6.13. The summed E-state index contributed by atoms with van der Waals surface area (Å²) in [6.45, 7) is 7.51. The van der Waals surface area contributed by atoms with Gasteiger partial charge in [-0.25, -0.2) is 4.79 Å². The highest BCUT2D eigenvalue weighted by atomic mass is 16.4. The van der Waals surface area contributed by atoms with Crippen LogP contribution in [0.25, 0.3) is 0 Å². The summed E-state index contributed by atoms with van der Waals surface area (Å²) in [7, 11) is 0. The average Bonchev–Trinajstić information content (AvgIpc) is 2.32. The Labute approximate surface area is 103 Å². The molecule has 0 aromatic carbocycles. The molecule has 1 amide bonds. The number of carboxylic acids is 1. The summed E-state index contributed by atoms with van der Waals surface area (Å²) < 4.78 is 0. The van der Waals surface area contributed by atoms with Crippen LogP contribution >= 0.6 is 0 Å². The van der Waals surface area contributed by atoms with Gasteiger partial charge in [-0.2, -0.15) is 0 Å². The van der Waals surface area contributed by atoms with Crippen molar-refractivity contribution in [2.75, 3.05) is 0 Å². The molecule has 0 saturated heterocycles. The van der Waals surface area contributed by atoms with Gasteiger partial charge in [-0.05, 0) is 11.8 Å². The molecule has 3 unspecified atom stereocenters. The van der Waals surface area contributed by atoms with Crippen molar-refractivity contribution in [1.82, 2.24) is 5.32 Å². The van der Waals surface area contributed by atoms with E-state index in [1.807, 2.05) is 20.8 Å². The van der Waals surface area contributed by atoms with Crippen LogP contribution in [0.1, 0.15) is 40.5 Å². The molecule has 0 bridgehead atoms. The number of carbonyl (C=O) groups excluding carboxylic acids is 1. The summed E-state index contributed by atoms with van der Waals surface area (Å²) in [6, 6.07) is -1.51. The summed E-state index contributed by atoms with van der Waals surface area (Å²) in [6.07, 6.45) is 1.48. The SMILES string of the molecule is CCC(C)C(N)C(=O)N[C@H](C(=O)O)C(C)CC. The lowest BCUT2D eigenvalue weighted by atomic mass is 9.96. The number of hydrogen-bond acceptors (Lipinski definition) is 3. The molecule has 0 rings (SSSR count). The Morgan fingerprint density at radius 3 is 2.00 bits per heavy atom. The third kappa shape index (κ3) is 4.73. The molecule has 0 heterocycles. The van der Waals surface area contributed by atoms with Crippen molar-refractivity contribution in [3.05, 3.63) is 0 Å². The van der Waals surface area contributed by atoms with Crippen LogP contribution in [-0.4, -0.2) is 29.1 Å². The zero-order valence-electron chi connectivity index (χ0n) is 11.1. The molecule has 17 heavy (non-hydrogen) atoms. The molecule has 0 aromatic rings. The van der Waals surface area contributed by atoms with E-state index in [2.05, 4.69) is 5.32 Å². The Morgan fingerprint density at radius 2 is 1.65 bits per heavy atom. The van der Waals surface area contributed by atoms with Crippen LogP contribution in [0.15, 0.2) is 0 Å². The topological polar surface area (TPSA) is 92.4 Å². The molecule has 0 fully saturated rings. The number of nitrogens with one attached hydrogen (secondary N) is 1. The van der Waals surface area contributed by atoms with Gasteiger partial charge in [-0.3, -0.25) is 4.79 Å². The first-order chi connectivity index (χ1) is 7.84. The molecular weight excluding hydrogens is 220 g/mol. The predicted octanol–water partition coefficient (Wildman–Crippen LogP) is 0.975. The molecule has 0 aliphatic rings. The highest BCUT2D eigenvalue weighted by Gasteiger charge is 2.28. The minimum Gasteiger partial charge on any atom is -0.480 e. The van der Waals surface area contributed by atoms with Crippen molar-refractivity contribution in [1.29, 1.82) is 0 Å². The van der Waals surface area contributed by atoms with Crippen molar-refractivity contribution >= 4 is 11.9 Å². The lowest BCUT2D eigenvalue weighted by Crippen LogP contribution is -2.52. The fourth-order valence-corrected chi connectivity index (χ4v) is 1.44. The zero-order chi connectivity index (χ0) is 13.6. The smallest absolute Gasteiger partial charge is 0.326 e. The van der Waals surface area contributed by atoms with Gasteiger partial charge in [-0.1, -0.05) is 40.5 Å². The van der Waals surface area contributed by atoms with E-state index in [4.69, 9.17) is 10.8 Å². The molecule has 0 saturated carbocycles. The van der Waals surface area contributed by atoms with Crippen LogP contribution in [0.5, 0.6) is 0 Å².